The minimum Gasteiger partial charge on any atom is -0.478 e. The van der Waals surface area contributed by atoms with Gasteiger partial charge in [-0.05, 0) is 73.8 Å². The maximum absolute atomic E-state index is 16.0. The van der Waals surface area contributed by atoms with Crippen molar-refractivity contribution in [3.05, 3.63) is 76.8 Å². The van der Waals surface area contributed by atoms with Gasteiger partial charge in [0, 0.05) is 75.6 Å². The third-order valence-electron chi connectivity index (χ3n) is 13.1. The SMILES string of the molecule is CC(C)C(NC(=O)CCCCCN1C(=O)C=CC1=O)C(=O)NC(CCCNC(N)=O)C(=O)Nc1ccc(COC(=O)N2CCOC3CN(c4c(F)cc5c(c4C#N)N(C4CC4)C=C(C(=O)O)C5)CC32)cc1. The highest BCUT2D eigenvalue weighted by Gasteiger charge is 2.45. The summed E-state index contributed by atoms with van der Waals surface area (Å²) in [5.74, 6) is -4.38. The summed E-state index contributed by atoms with van der Waals surface area (Å²) in [6, 6.07) is 6.69. The number of carboxylic acids is 1. The van der Waals surface area contributed by atoms with Crippen LogP contribution in [0.4, 0.5) is 31.0 Å². The zero-order valence-corrected chi connectivity index (χ0v) is 39.6. The van der Waals surface area contributed by atoms with Crippen LogP contribution < -0.4 is 36.8 Å². The quantitative estimate of drug-likeness (QED) is 0.0775. The van der Waals surface area contributed by atoms with E-state index in [1.165, 1.54) is 23.1 Å². The molecule has 4 unspecified atom stereocenters. The molecule has 71 heavy (non-hydrogen) atoms. The number of unbranched alkanes of at least 4 members (excludes halogenated alkanes) is 2. The van der Waals surface area contributed by atoms with Gasteiger partial charge in [0.15, 0.2) is 0 Å². The molecule has 3 fully saturated rings. The predicted molar refractivity (Wildman–Crippen MR) is 254 cm³/mol. The summed E-state index contributed by atoms with van der Waals surface area (Å²) in [7, 11) is 0. The van der Waals surface area contributed by atoms with Crippen molar-refractivity contribution in [3.8, 4) is 6.07 Å². The first-order valence-electron chi connectivity index (χ1n) is 23.9. The Kier molecular flexibility index (Phi) is 16.6. The van der Waals surface area contributed by atoms with Crippen molar-refractivity contribution in [2.45, 2.75) is 109 Å². The molecule has 1 aliphatic carbocycles. The molecule has 7 rings (SSSR count). The summed E-state index contributed by atoms with van der Waals surface area (Å²) in [5.41, 5.74) is 7.39. The second kappa shape index (κ2) is 22.9. The molecule has 0 radical (unpaired) electrons. The number of ether oxygens (including phenoxy) is 2. The number of nitriles is 1. The van der Waals surface area contributed by atoms with E-state index in [-0.39, 0.29) is 118 Å². The summed E-state index contributed by atoms with van der Waals surface area (Å²) in [4.78, 5) is 107. The highest BCUT2D eigenvalue weighted by molar-refractivity contribution is 6.12. The van der Waals surface area contributed by atoms with Crippen LogP contribution >= 0.6 is 0 Å². The highest BCUT2D eigenvalue weighted by Crippen LogP contribution is 2.45. The lowest BCUT2D eigenvalue weighted by Gasteiger charge is -2.35. The smallest absolute Gasteiger partial charge is 0.410 e. The molecule has 2 aromatic carbocycles. The topological polar surface area (TPSA) is 286 Å². The van der Waals surface area contributed by atoms with Crippen LogP contribution in [0.1, 0.15) is 81.9 Å². The van der Waals surface area contributed by atoms with E-state index in [1.54, 1.807) is 54.1 Å². The second-order valence-corrected chi connectivity index (χ2v) is 18.5. The van der Waals surface area contributed by atoms with Crippen LogP contribution in [-0.2, 0) is 51.3 Å². The number of carbonyl (C=O) groups is 8. The molecule has 7 N–H and O–H groups in total. The van der Waals surface area contributed by atoms with Crippen molar-refractivity contribution >= 4 is 64.7 Å². The minimum atomic E-state index is -1.10. The van der Waals surface area contributed by atoms with Gasteiger partial charge in [0.05, 0.1) is 35.7 Å². The number of nitrogens with zero attached hydrogens (tertiary/aromatic N) is 5. The van der Waals surface area contributed by atoms with Gasteiger partial charge < -0.3 is 51.4 Å². The first-order valence-corrected chi connectivity index (χ1v) is 23.9. The lowest BCUT2D eigenvalue weighted by molar-refractivity contribution is -0.137. The number of fused-ring (bicyclic) bond motifs is 2. The van der Waals surface area contributed by atoms with Crippen LogP contribution in [0.2, 0.25) is 0 Å². The molecule has 2 saturated heterocycles. The fraction of sp³-hybridized carbons (Fsp3) is 0.490. The molecule has 1 saturated carbocycles. The normalized spacial score (nSPS) is 19.1. The van der Waals surface area contributed by atoms with E-state index in [1.807, 2.05) is 0 Å². The van der Waals surface area contributed by atoms with E-state index in [2.05, 4.69) is 27.3 Å². The van der Waals surface area contributed by atoms with Gasteiger partial charge in [-0.1, -0.05) is 32.4 Å². The number of halogens is 1. The van der Waals surface area contributed by atoms with Crippen molar-refractivity contribution in [2.75, 3.05) is 54.4 Å². The molecule has 0 spiro atoms. The van der Waals surface area contributed by atoms with E-state index < -0.39 is 60.0 Å². The number of nitrogens with one attached hydrogen (secondary N) is 4. The second-order valence-electron chi connectivity index (χ2n) is 18.5. The Labute approximate surface area is 409 Å². The fourth-order valence-electron chi connectivity index (χ4n) is 9.23. The molecule has 2 aromatic rings. The van der Waals surface area contributed by atoms with Crippen molar-refractivity contribution in [3.63, 3.8) is 0 Å². The monoisotopic (exact) mass is 982 g/mol. The van der Waals surface area contributed by atoms with Gasteiger partial charge in [-0.2, -0.15) is 5.26 Å². The zero-order chi connectivity index (χ0) is 50.9. The van der Waals surface area contributed by atoms with Crippen LogP contribution in [0.15, 0.2) is 54.3 Å². The molecule has 4 heterocycles. The van der Waals surface area contributed by atoms with E-state index in [0.29, 0.717) is 41.8 Å². The van der Waals surface area contributed by atoms with E-state index in [4.69, 9.17) is 15.2 Å². The summed E-state index contributed by atoms with van der Waals surface area (Å²) in [5, 5.41) is 30.9. The Bertz CT molecular complexity index is 2510. The molecule has 0 bridgehead atoms. The molecule has 8 amide bonds. The van der Waals surface area contributed by atoms with Crippen LogP contribution in [0, 0.1) is 23.1 Å². The number of carboxylic acid groups (broad SMARTS) is 1. The number of benzene rings is 2. The third-order valence-corrected chi connectivity index (χ3v) is 13.1. The van der Waals surface area contributed by atoms with Crippen molar-refractivity contribution in [1.82, 2.24) is 25.8 Å². The van der Waals surface area contributed by atoms with Gasteiger partial charge >= 0.3 is 18.1 Å². The van der Waals surface area contributed by atoms with Gasteiger partial charge in [-0.15, -0.1) is 0 Å². The van der Waals surface area contributed by atoms with Gasteiger partial charge in [0.25, 0.3) is 11.8 Å². The van der Waals surface area contributed by atoms with Gasteiger partial charge in [0.2, 0.25) is 17.7 Å². The average molecular weight is 983 g/mol. The Morgan fingerprint density at radius 1 is 0.972 bits per heavy atom. The number of aliphatic carboxylic acids is 1. The Hall–Kier alpha value is -7.54. The Morgan fingerprint density at radius 2 is 1.70 bits per heavy atom. The van der Waals surface area contributed by atoms with Crippen LogP contribution in [0.25, 0.3) is 0 Å². The summed E-state index contributed by atoms with van der Waals surface area (Å²) < 4.78 is 27.8. The van der Waals surface area contributed by atoms with E-state index in [9.17, 15) is 48.7 Å². The molecular weight excluding hydrogens is 924 g/mol. The molecule has 4 atom stereocenters. The number of anilines is 3. The van der Waals surface area contributed by atoms with Crippen LogP contribution in [0.5, 0.6) is 0 Å². The number of urea groups is 1. The van der Waals surface area contributed by atoms with Gasteiger partial charge in [-0.25, -0.2) is 18.8 Å². The summed E-state index contributed by atoms with van der Waals surface area (Å²) in [6.07, 6.45) is 6.48. The standard InChI is InChI=1S/C49H59FN10O11/c1-28(2)42(56-39(61)8-4-3-5-18-59-40(62)15-16-41(59)63)46(65)55-36(7-6-17-53-48(52)68)45(64)54-32-11-9-29(10-12-32)27-71-49(69)58-19-20-70-38-26-57(25-37(38)58)44-34(23-51)43-30(22-35(44)50)21-31(47(66)67)24-60(43)33-13-14-33/h9-12,15-16,22,24,28,33,36-38,42H,3-8,13-14,17-21,25-27H2,1-2H3,(H,54,64)(H,55,65)(H,56,61)(H,66,67)(H3,52,53,68). The number of primary amides is 1. The van der Waals surface area contributed by atoms with Crippen molar-refractivity contribution < 1.29 is 57.3 Å². The van der Waals surface area contributed by atoms with Crippen molar-refractivity contribution in [1.29, 1.82) is 5.26 Å². The average Bonchev–Trinajstić information content (AvgIpc) is 4.02. The third kappa shape index (κ3) is 12.6. The maximum atomic E-state index is 16.0. The van der Waals surface area contributed by atoms with Crippen LogP contribution in [0.3, 0.4) is 0 Å². The molecular formula is C49H59FN10O11. The first kappa shape index (κ1) is 51.3. The van der Waals surface area contributed by atoms with Crippen LogP contribution in [-0.4, -0.2) is 132 Å². The number of morpholine rings is 1. The maximum Gasteiger partial charge on any atom is 0.410 e. The first-order chi connectivity index (χ1) is 34.0. The molecule has 0 aromatic heterocycles. The molecule has 378 valence electrons. The molecule has 22 heteroatoms. The predicted octanol–water partition coefficient (Wildman–Crippen LogP) is 2.91. The zero-order valence-electron chi connectivity index (χ0n) is 39.6. The van der Waals surface area contributed by atoms with Gasteiger partial charge in [0.1, 0.15) is 36.1 Å². The number of imide groups is 1. The number of hydrogen-bond acceptors (Lipinski definition) is 13. The van der Waals surface area contributed by atoms with E-state index in [0.717, 1.165) is 17.7 Å². The molecule has 4 aliphatic heterocycles. The Balaban J connectivity index is 0.922. The number of carbonyl (C=O) groups excluding carboxylic acids is 7. The molecule has 21 nitrogen and oxygen atoms in total. The highest BCUT2D eigenvalue weighted by atomic mass is 19.1. The van der Waals surface area contributed by atoms with Crippen molar-refractivity contribution in [2.24, 2.45) is 11.7 Å². The minimum absolute atomic E-state index is 0.00969. The fourth-order valence-corrected chi connectivity index (χ4v) is 9.23. The van der Waals surface area contributed by atoms with E-state index >= 15 is 4.39 Å². The number of hydrogen-bond donors (Lipinski definition) is 6. The lowest BCUT2D eigenvalue weighted by Crippen LogP contribution is -2.54. The summed E-state index contributed by atoms with van der Waals surface area (Å²) >= 11 is 0. The number of rotatable bonds is 21. The number of amides is 8. The molecule has 5 aliphatic rings. The lowest BCUT2D eigenvalue weighted by atomic mass is 9.94. The summed E-state index contributed by atoms with van der Waals surface area (Å²) in [6.45, 7) is 4.53. The largest absolute Gasteiger partial charge is 0.478 e. The Morgan fingerprint density at radius 3 is 2.37 bits per heavy atom. The van der Waals surface area contributed by atoms with Gasteiger partial charge in [-0.3, -0.25) is 33.8 Å². The number of nitrogens with two attached hydrogens (primary N) is 1.